The van der Waals surface area contributed by atoms with E-state index >= 15 is 0 Å². The zero-order valence-corrected chi connectivity index (χ0v) is 10.2. The largest absolute Gasteiger partial charge is 0.444 e. The lowest BCUT2D eigenvalue weighted by Crippen LogP contribution is -2.52. The minimum atomic E-state index is -0.921. The number of hydrogen-bond donors (Lipinski definition) is 0. The smallest absolute Gasteiger partial charge is 0.410 e. The van der Waals surface area contributed by atoms with Gasteiger partial charge in [0.05, 0.1) is 19.2 Å². The summed E-state index contributed by atoms with van der Waals surface area (Å²) in [4.78, 5) is 13.3. The molecule has 1 aliphatic rings. The second-order valence-electron chi connectivity index (χ2n) is 5.09. The van der Waals surface area contributed by atoms with Crippen molar-refractivity contribution in [3.63, 3.8) is 0 Å². The highest BCUT2D eigenvalue weighted by Crippen LogP contribution is 2.18. The molecule has 0 N–H and O–H groups in total. The van der Waals surface area contributed by atoms with Gasteiger partial charge in [0.25, 0.3) is 0 Å². The Morgan fingerprint density at radius 1 is 1.56 bits per heavy atom. The van der Waals surface area contributed by atoms with Gasteiger partial charge in [-0.3, -0.25) is 0 Å². The van der Waals surface area contributed by atoms with Gasteiger partial charge in [0.2, 0.25) is 0 Å². The van der Waals surface area contributed by atoms with Gasteiger partial charge < -0.3 is 14.4 Å². The van der Waals surface area contributed by atoms with Gasteiger partial charge in [-0.25, -0.2) is 4.79 Å². The molecular formula is C11H18N2O3. The van der Waals surface area contributed by atoms with E-state index in [2.05, 4.69) is 6.07 Å². The maximum Gasteiger partial charge on any atom is 0.410 e. The monoisotopic (exact) mass is 226 g/mol. The van der Waals surface area contributed by atoms with E-state index in [4.69, 9.17) is 14.7 Å². The fourth-order valence-corrected chi connectivity index (χ4v) is 1.42. The Balaban J connectivity index is 2.62. The molecule has 0 bridgehead atoms. The van der Waals surface area contributed by atoms with Gasteiger partial charge in [-0.1, -0.05) is 0 Å². The number of amides is 1. The summed E-state index contributed by atoms with van der Waals surface area (Å²) in [6.07, 6.45) is -0.391. The minimum absolute atomic E-state index is 0.248. The maximum absolute atomic E-state index is 11.8. The van der Waals surface area contributed by atoms with Crippen molar-refractivity contribution in [2.45, 2.75) is 38.9 Å². The number of nitrogens with zero attached hydrogens (tertiary/aromatic N) is 2. The SMILES string of the molecule is CC(C)(C)OC(=O)N1CCOC(C)(C#N)C1. The lowest BCUT2D eigenvalue weighted by atomic mass is 10.1. The first-order valence-electron chi connectivity index (χ1n) is 5.29. The van der Waals surface area contributed by atoms with E-state index in [1.165, 1.54) is 4.90 Å². The van der Waals surface area contributed by atoms with Crippen LogP contribution in [-0.4, -0.2) is 41.9 Å². The number of morpholine rings is 1. The molecule has 0 aromatic heterocycles. The van der Waals surface area contributed by atoms with Crippen molar-refractivity contribution in [3.8, 4) is 6.07 Å². The van der Waals surface area contributed by atoms with Gasteiger partial charge in [0, 0.05) is 6.54 Å². The summed E-state index contributed by atoms with van der Waals surface area (Å²) in [7, 11) is 0. The highest BCUT2D eigenvalue weighted by Gasteiger charge is 2.35. The molecule has 0 aliphatic carbocycles. The molecule has 1 saturated heterocycles. The molecule has 5 heteroatoms. The normalized spacial score (nSPS) is 26.1. The molecule has 1 amide bonds. The fraction of sp³-hybridized carbons (Fsp3) is 0.818. The Bertz CT molecular complexity index is 316. The maximum atomic E-state index is 11.8. The predicted octanol–water partition coefficient (Wildman–Crippen LogP) is 1.54. The molecule has 0 aromatic rings. The molecule has 16 heavy (non-hydrogen) atoms. The summed E-state index contributed by atoms with van der Waals surface area (Å²) in [5.41, 5.74) is -1.44. The molecule has 0 aromatic carbocycles. The second kappa shape index (κ2) is 4.30. The topological polar surface area (TPSA) is 62.6 Å². The summed E-state index contributed by atoms with van der Waals surface area (Å²) in [5.74, 6) is 0. The van der Waals surface area contributed by atoms with E-state index in [0.717, 1.165) is 0 Å². The molecule has 0 saturated carbocycles. The van der Waals surface area contributed by atoms with E-state index < -0.39 is 17.3 Å². The van der Waals surface area contributed by atoms with Crippen molar-refractivity contribution >= 4 is 6.09 Å². The third-order valence-corrected chi connectivity index (χ3v) is 2.16. The number of rotatable bonds is 0. The van der Waals surface area contributed by atoms with Crippen LogP contribution >= 0.6 is 0 Å². The Morgan fingerprint density at radius 3 is 2.69 bits per heavy atom. The summed E-state index contributed by atoms with van der Waals surface area (Å²) in [6.45, 7) is 8.19. The summed E-state index contributed by atoms with van der Waals surface area (Å²) >= 11 is 0. The quantitative estimate of drug-likeness (QED) is 0.628. The van der Waals surface area contributed by atoms with Gasteiger partial charge in [-0.15, -0.1) is 0 Å². The average Bonchev–Trinajstić information content (AvgIpc) is 2.15. The number of carbonyl (C=O) groups excluding carboxylic acids is 1. The molecule has 5 nitrogen and oxygen atoms in total. The Morgan fingerprint density at radius 2 is 2.19 bits per heavy atom. The highest BCUT2D eigenvalue weighted by molar-refractivity contribution is 5.68. The van der Waals surface area contributed by atoms with Crippen LogP contribution in [0, 0.1) is 11.3 Å². The second-order valence-corrected chi connectivity index (χ2v) is 5.09. The summed E-state index contributed by atoms with van der Waals surface area (Å²) in [6, 6.07) is 2.06. The highest BCUT2D eigenvalue weighted by atomic mass is 16.6. The standard InChI is InChI=1S/C11H18N2O3/c1-10(2,3)16-9(14)13-5-6-15-11(4,7-12)8-13/h5-6,8H2,1-4H3. The van der Waals surface area contributed by atoms with Crippen LogP contribution in [0.4, 0.5) is 4.79 Å². The van der Waals surface area contributed by atoms with Crippen LogP contribution in [0.15, 0.2) is 0 Å². The zero-order valence-electron chi connectivity index (χ0n) is 10.2. The van der Waals surface area contributed by atoms with Crippen molar-refractivity contribution in [1.82, 2.24) is 4.90 Å². The molecule has 0 spiro atoms. The lowest BCUT2D eigenvalue weighted by molar-refractivity contribution is -0.0681. The van der Waals surface area contributed by atoms with Crippen LogP contribution < -0.4 is 0 Å². The summed E-state index contributed by atoms with van der Waals surface area (Å²) < 4.78 is 10.6. The van der Waals surface area contributed by atoms with Crippen molar-refractivity contribution < 1.29 is 14.3 Å². The first kappa shape index (κ1) is 12.8. The lowest BCUT2D eigenvalue weighted by Gasteiger charge is -2.36. The van der Waals surface area contributed by atoms with E-state index in [9.17, 15) is 4.79 Å². The minimum Gasteiger partial charge on any atom is -0.444 e. The van der Waals surface area contributed by atoms with E-state index in [-0.39, 0.29) is 6.54 Å². The van der Waals surface area contributed by atoms with Crippen molar-refractivity contribution in [2.24, 2.45) is 0 Å². The Hall–Kier alpha value is -1.28. The molecule has 1 heterocycles. The van der Waals surface area contributed by atoms with Crippen molar-refractivity contribution in [3.05, 3.63) is 0 Å². The average molecular weight is 226 g/mol. The molecular weight excluding hydrogens is 208 g/mol. The molecule has 1 atom stereocenters. The summed E-state index contributed by atoms with van der Waals surface area (Å²) in [5, 5.41) is 8.93. The molecule has 90 valence electrons. The van der Waals surface area contributed by atoms with Crippen molar-refractivity contribution in [1.29, 1.82) is 5.26 Å². The van der Waals surface area contributed by atoms with Crippen LogP contribution in [0.3, 0.4) is 0 Å². The van der Waals surface area contributed by atoms with Gasteiger partial charge in [-0.2, -0.15) is 5.26 Å². The van der Waals surface area contributed by atoms with Crippen LogP contribution in [0.1, 0.15) is 27.7 Å². The fourth-order valence-electron chi connectivity index (χ4n) is 1.42. The Kier molecular flexibility index (Phi) is 3.44. The number of hydrogen-bond acceptors (Lipinski definition) is 4. The third kappa shape index (κ3) is 3.38. The van der Waals surface area contributed by atoms with Gasteiger partial charge in [-0.05, 0) is 27.7 Å². The van der Waals surface area contributed by atoms with Crippen molar-refractivity contribution in [2.75, 3.05) is 19.7 Å². The Labute approximate surface area is 95.9 Å². The van der Waals surface area contributed by atoms with E-state index in [0.29, 0.717) is 13.2 Å². The first-order chi connectivity index (χ1) is 7.26. The predicted molar refractivity (Wildman–Crippen MR) is 57.8 cm³/mol. The van der Waals surface area contributed by atoms with Crippen LogP contribution in [-0.2, 0) is 9.47 Å². The van der Waals surface area contributed by atoms with Gasteiger partial charge in [0.1, 0.15) is 5.60 Å². The zero-order chi connectivity index (χ0) is 12.4. The van der Waals surface area contributed by atoms with E-state index in [1.807, 2.05) is 20.8 Å². The number of ether oxygens (including phenoxy) is 2. The first-order valence-corrected chi connectivity index (χ1v) is 5.29. The molecule has 1 rings (SSSR count). The van der Waals surface area contributed by atoms with Crippen LogP contribution in [0.25, 0.3) is 0 Å². The molecule has 1 fully saturated rings. The number of carbonyl (C=O) groups is 1. The van der Waals surface area contributed by atoms with Gasteiger partial charge in [0.15, 0.2) is 5.60 Å². The number of nitriles is 1. The van der Waals surface area contributed by atoms with Crippen LogP contribution in [0.2, 0.25) is 0 Å². The third-order valence-electron chi connectivity index (χ3n) is 2.16. The van der Waals surface area contributed by atoms with Gasteiger partial charge >= 0.3 is 6.09 Å². The molecule has 1 aliphatic heterocycles. The molecule has 1 unspecified atom stereocenters. The van der Waals surface area contributed by atoms with Crippen LogP contribution in [0.5, 0.6) is 0 Å². The molecule has 0 radical (unpaired) electrons. The van der Waals surface area contributed by atoms with E-state index in [1.54, 1.807) is 6.92 Å².